The summed E-state index contributed by atoms with van der Waals surface area (Å²) >= 11 is 0. The number of aromatic hydroxyl groups is 1. The van der Waals surface area contributed by atoms with Crippen LogP contribution in [0.25, 0.3) is 22.2 Å². The number of phenolic OH excluding ortho intramolecular Hbond substituents is 1. The maximum atomic E-state index is 12.5. The van der Waals surface area contributed by atoms with Gasteiger partial charge >= 0.3 is 5.97 Å². The molecule has 2 heterocycles. The second kappa shape index (κ2) is 5.45. The zero-order chi connectivity index (χ0) is 16.6. The third-order valence-electron chi connectivity index (χ3n) is 3.48. The van der Waals surface area contributed by atoms with E-state index in [-0.39, 0.29) is 17.1 Å². The van der Waals surface area contributed by atoms with Gasteiger partial charge in [0, 0.05) is 17.1 Å². The number of carboxylic acids is 1. The maximum absolute atomic E-state index is 12.5. The first-order valence-electron chi connectivity index (χ1n) is 6.77. The van der Waals surface area contributed by atoms with Crippen molar-refractivity contribution in [2.45, 2.75) is 6.54 Å². The molecule has 0 bridgehead atoms. The Kier molecular flexibility index (Phi) is 3.46. The quantitative estimate of drug-likeness (QED) is 0.673. The van der Waals surface area contributed by atoms with Gasteiger partial charge in [-0.2, -0.15) is 0 Å². The Morgan fingerprint density at radius 3 is 2.74 bits per heavy atom. The molecule has 1 aromatic carbocycles. The van der Waals surface area contributed by atoms with Crippen LogP contribution in [0.15, 0.2) is 47.4 Å². The van der Waals surface area contributed by atoms with Gasteiger partial charge in [-0.05, 0) is 29.8 Å². The fourth-order valence-electron chi connectivity index (χ4n) is 2.56. The number of nitrogen functional groups attached to an aromatic ring is 1. The van der Waals surface area contributed by atoms with E-state index in [2.05, 4.69) is 4.98 Å². The first kappa shape index (κ1) is 14.6. The van der Waals surface area contributed by atoms with Crippen LogP contribution >= 0.6 is 0 Å². The van der Waals surface area contributed by atoms with E-state index in [0.717, 1.165) is 4.57 Å². The average Bonchev–Trinajstić information content (AvgIpc) is 2.52. The number of nitrogens with two attached hydrogens (primary N) is 1. The SMILES string of the molecule is Nc1c(-c2cccc(O)c2)c2cccnc2n(CC(=O)O)c1=O. The Morgan fingerprint density at radius 1 is 1.26 bits per heavy atom. The van der Waals surface area contributed by atoms with Crippen molar-refractivity contribution < 1.29 is 15.0 Å². The summed E-state index contributed by atoms with van der Waals surface area (Å²) in [5.41, 5.74) is 6.47. The molecule has 116 valence electrons. The molecule has 0 saturated heterocycles. The number of rotatable bonds is 3. The Labute approximate surface area is 130 Å². The first-order chi connectivity index (χ1) is 11.0. The van der Waals surface area contributed by atoms with Crippen LogP contribution in [0.4, 0.5) is 5.69 Å². The van der Waals surface area contributed by atoms with Crippen molar-refractivity contribution in [3.05, 3.63) is 52.9 Å². The zero-order valence-corrected chi connectivity index (χ0v) is 11.9. The highest BCUT2D eigenvalue weighted by Gasteiger charge is 2.18. The molecule has 0 amide bonds. The van der Waals surface area contributed by atoms with Crippen molar-refractivity contribution >= 4 is 22.7 Å². The predicted molar refractivity (Wildman–Crippen MR) is 85.2 cm³/mol. The third kappa shape index (κ3) is 2.48. The number of hydrogen-bond acceptors (Lipinski definition) is 5. The van der Waals surface area contributed by atoms with E-state index in [4.69, 9.17) is 10.8 Å². The van der Waals surface area contributed by atoms with Gasteiger partial charge in [0.25, 0.3) is 5.56 Å². The number of phenols is 1. The Hall–Kier alpha value is -3.35. The van der Waals surface area contributed by atoms with E-state index >= 15 is 0 Å². The highest BCUT2D eigenvalue weighted by atomic mass is 16.4. The van der Waals surface area contributed by atoms with Crippen LogP contribution < -0.4 is 11.3 Å². The minimum absolute atomic E-state index is 0.0358. The van der Waals surface area contributed by atoms with Gasteiger partial charge in [-0.3, -0.25) is 14.2 Å². The van der Waals surface area contributed by atoms with Crippen LogP contribution in [0, 0.1) is 0 Å². The molecule has 0 atom stereocenters. The average molecular weight is 311 g/mol. The predicted octanol–water partition coefficient (Wildman–Crippen LogP) is 1.44. The summed E-state index contributed by atoms with van der Waals surface area (Å²) in [4.78, 5) is 27.6. The van der Waals surface area contributed by atoms with E-state index in [1.165, 1.54) is 18.3 Å². The number of aromatic nitrogens is 2. The molecule has 0 spiro atoms. The molecule has 3 rings (SSSR count). The number of pyridine rings is 2. The lowest BCUT2D eigenvalue weighted by atomic mass is 10.0. The van der Waals surface area contributed by atoms with Gasteiger partial charge in [-0.25, -0.2) is 4.98 Å². The third-order valence-corrected chi connectivity index (χ3v) is 3.48. The smallest absolute Gasteiger partial charge is 0.323 e. The lowest BCUT2D eigenvalue weighted by molar-refractivity contribution is -0.137. The molecular weight excluding hydrogens is 298 g/mol. The van der Waals surface area contributed by atoms with Crippen LogP contribution in [-0.4, -0.2) is 25.7 Å². The summed E-state index contributed by atoms with van der Waals surface area (Å²) in [7, 11) is 0. The number of carbonyl (C=O) groups is 1. The summed E-state index contributed by atoms with van der Waals surface area (Å²) in [5, 5.41) is 19.2. The summed E-state index contributed by atoms with van der Waals surface area (Å²) in [6.07, 6.45) is 1.47. The molecule has 0 fully saturated rings. The van der Waals surface area contributed by atoms with Crippen LogP contribution in [-0.2, 0) is 11.3 Å². The largest absolute Gasteiger partial charge is 0.508 e. The van der Waals surface area contributed by atoms with Crippen LogP contribution in [0.1, 0.15) is 0 Å². The van der Waals surface area contributed by atoms with Crippen molar-refractivity contribution in [1.29, 1.82) is 0 Å². The molecule has 3 aromatic rings. The Balaban J connectivity index is 2.43. The van der Waals surface area contributed by atoms with E-state index in [1.807, 2.05) is 0 Å². The highest BCUT2D eigenvalue weighted by Crippen LogP contribution is 2.32. The second-order valence-corrected chi connectivity index (χ2v) is 5.00. The monoisotopic (exact) mass is 311 g/mol. The molecular formula is C16H13N3O4. The number of anilines is 1. The molecule has 0 radical (unpaired) electrons. The van der Waals surface area contributed by atoms with Crippen molar-refractivity contribution in [2.24, 2.45) is 0 Å². The summed E-state index contributed by atoms with van der Waals surface area (Å²) in [6.45, 7) is -0.531. The minimum atomic E-state index is -1.16. The first-order valence-corrected chi connectivity index (χ1v) is 6.77. The van der Waals surface area contributed by atoms with E-state index < -0.39 is 18.1 Å². The van der Waals surface area contributed by atoms with Gasteiger partial charge in [0.05, 0.1) is 0 Å². The van der Waals surface area contributed by atoms with Gasteiger partial charge in [0.2, 0.25) is 0 Å². The molecule has 23 heavy (non-hydrogen) atoms. The fourth-order valence-corrected chi connectivity index (χ4v) is 2.56. The Morgan fingerprint density at radius 2 is 2.04 bits per heavy atom. The summed E-state index contributed by atoms with van der Waals surface area (Å²) < 4.78 is 1.03. The van der Waals surface area contributed by atoms with Gasteiger partial charge < -0.3 is 15.9 Å². The molecule has 2 aromatic heterocycles. The van der Waals surface area contributed by atoms with Crippen molar-refractivity contribution in [3.63, 3.8) is 0 Å². The van der Waals surface area contributed by atoms with Crippen molar-refractivity contribution in [1.82, 2.24) is 9.55 Å². The topological polar surface area (TPSA) is 118 Å². The zero-order valence-electron chi connectivity index (χ0n) is 11.9. The highest BCUT2D eigenvalue weighted by molar-refractivity contribution is 5.99. The number of aliphatic carboxylic acids is 1. The number of fused-ring (bicyclic) bond motifs is 1. The van der Waals surface area contributed by atoms with E-state index in [0.29, 0.717) is 16.5 Å². The maximum Gasteiger partial charge on any atom is 0.323 e. The number of carboxylic acid groups (broad SMARTS) is 1. The number of benzene rings is 1. The fraction of sp³-hybridized carbons (Fsp3) is 0.0625. The molecule has 0 aliphatic rings. The lowest BCUT2D eigenvalue weighted by Crippen LogP contribution is -2.28. The molecule has 0 unspecified atom stereocenters. The molecule has 0 saturated carbocycles. The van der Waals surface area contributed by atoms with Crippen LogP contribution in [0.5, 0.6) is 5.75 Å². The number of nitrogens with zero attached hydrogens (tertiary/aromatic N) is 2. The van der Waals surface area contributed by atoms with Gasteiger partial charge in [0.15, 0.2) is 0 Å². The van der Waals surface area contributed by atoms with Crippen LogP contribution in [0.2, 0.25) is 0 Å². The number of hydrogen-bond donors (Lipinski definition) is 3. The molecule has 7 nitrogen and oxygen atoms in total. The molecule has 0 aliphatic carbocycles. The molecule has 0 aliphatic heterocycles. The second-order valence-electron chi connectivity index (χ2n) is 5.00. The standard InChI is InChI=1S/C16H13N3O4/c17-14-13(9-3-1-4-10(20)7-9)11-5-2-6-18-15(11)19(16(14)23)8-12(21)22/h1-7,20H,8,17H2,(H,21,22). The van der Waals surface area contributed by atoms with E-state index in [9.17, 15) is 14.7 Å². The van der Waals surface area contributed by atoms with Crippen molar-refractivity contribution in [2.75, 3.05) is 5.73 Å². The van der Waals surface area contributed by atoms with Gasteiger partial charge in [-0.15, -0.1) is 0 Å². The normalized spacial score (nSPS) is 10.8. The van der Waals surface area contributed by atoms with E-state index in [1.54, 1.807) is 24.3 Å². The van der Waals surface area contributed by atoms with Gasteiger partial charge in [-0.1, -0.05) is 12.1 Å². The molecule has 7 heteroatoms. The molecule has 4 N–H and O–H groups in total. The minimum Gasteiger partial charge on any atom is -0.508 e. The Bertz CT molecular complexity index is 979. The lowest BCUT2D eigenvalue weighted by Gasteiger charge is -2.14. The van der Waals surface area contributed by atoms with Crippen molar-refractivity contribution in [3.8, 4) is 16.9 Å². The summed E-state index contributed by atoms with van der Waals surface area (Å²) in [5.74, 6) is -1.13. The van der Waals surface area contributed by atoms with Gasteiger partial charge in [0.1, 0.15) is 23.6 Å². The summed E-state index contributed by atoms with van der Waals surface area (Å²) in [6, 6.07) is 9.71. The van der Waals surface area contributed by atoms with Crippen LogP contribution in [0.3, 0.4) is 0 Å².